The summed E-state index contributed by atoms with van der Waals surface area (Å²) in [5.41, 5.74) is -1.45. The molecule has 1 rings (SSSR count). The first-order valence-corrected chi connectivity index (χ1v) is 15.7. The van der Waals surface area contributed by atoms with E-state index in [9.17, 15) is 18.3 Å². The molecule has 0 saturated carbocycles. The van der Waals surface area contributed by atoms with Gasteiger partial charge in [-0.25, -0.2) is 8.42 Å². The molecular weight excluding hydrogens is 458 g/mol. The van der Waals surface area contributed by atoms with Crippen LogP contribution in [-0.4, -0.2) is 25.0 Å². The number of carboxylic acid groups (broad SMARTS) is 1. The maximum Gasteiger partial charge on any atom is 0.324 e. The molecule has 0 heterocycles. The maximum atomic E-state index is 13.1. The first-order chi connectivity index (χ1) is 16.9. The summed E-state index contributed by atoms with van der Waals surface area (Å²) in [4.78, 5) is 12.6. The molecule has 1 unspecified atom stereocenters. The van der Waals surface area contributed by atoms with Crippen molar-refractivity contribution in [1.29, 1.82) is 0 Å². The molecule has 1 aromatic rings. The number of benzene rings is 1. The molecule has 0 amide bonds. The number of sulfonamides is 1. The van der Waals surface area contributed by atoms with Gasteiger partial charge in [-0.1, -0.05) is 141 Å². The van der Waals surface area contributed by atoms with Gasteiger partial charge in [-0.2, -0.15) is 4.72 Å². The fraction of sp³-hybridized carbons (Fsp3) is 0.759. The van der Waals surface area contributed by atoms with E-state index in [1.54, 1.807) is 18.2 Å². The average Bonchev–Trinajstić information content (AvgIpc) is 2.84. The molecule has 0 aromatic heterocycles. The Bertz CT molecular complexity index is 766. The number of aliphatic carboxylic acids is 1. The van der Waals surface area contributed by atoms with E-state index in [2.05, 4.69) is 18.6 Å². The highest BCUT2D eigenvalue weighted by Crippen LogP contribution is 2.27. The van der Waals surface area contributed by atoms with Crippen LogP contribution >= 0.6 is 0 Å². The fourth-order valence-corrected chi connectivity index (χ4v) is 6.14. The zero-order chi connectivity index (χ0) is 25.8. The number of hydrogen-bond acceptors (Lipinski definition) is 3. The van der Waals surface area contributed by atoms with Gasteiger partial charge in [0, 0.05) is 0 Å². The van der Waals surface area contributed by atoms with Crippen LogP contribution in [0.4, 0.5) is 0 Å². The van der Waals surface area contributed by atoms with Crippen LogP contribution in [0.15, 0.2) is 35.2 Å². The van der Waals surface area contributed by atoms with Gasteiger partial charge < -0.3 is 5.11 Å². The van der Waals surface area contributed by atoms with Crippen LogP contribution < -0.4 is 4.72 Å². The quantitative estimate of drug-likeness (QED) is 0.145. The van der Waals surface area contributed by atoms with Crippen molar-refractivity contribution in [3.63, 3.8) is 0 Å². The highest BCUT2D eigenvalue weighted by Gasteiger charge is 2.41. The van der Waals surface area contributed by atoms with Crippen LogP contribution in [0.25, 0.3) is 0 Å². The second-order valence-corrected chi connectivity index (χ2v) is 11.8. The molecular formula is C29H51NO4S. The first-order valence-electron chi connectivity index (χ1n) is 14.2. The molecule has 1 atom stereocenters. The normalized spacial score (nSPS) is 13.5. The number of unbranched alkanes of at least 4 members (excludes halogenated alkanes) is 15. The third-order valence-corrected chi connectivity index (χ3v) is 8.51. The monoisotopic (exact) mass is 509 g/mol. The number of nitrogens with one attached hydrogen (secondary N) is 1. The lowest BCUT2D eigenvalue weighted by molar-refractivity contribution is -0.144. The van der Waals surface area contributed by atoms with Crippen molar-refractivity contribution in [2.75, 3.05) is 0 Å². The van der Waals surface area contributed by atoms with Crippen molar-refractivity contribution < 1.29 is 18.3 Å². The lowest BCUT2D eigenvalue weighted by Gasteiger charge is -2.30. The van der Waals surface area contributed by atoms with Gasteiger partial charge >= 0.3 is 5.97 Å². The molecule has 0 saturated heterocycles. The summed E-state index contributed by atoms with van der Waals surface area (Å²) in [6, 6.07) is 8.11. The molecule has 0 aliphatic heterocycles. The molecule has 0 radical (unpaired) electrons. The lowest BCUT2D eigenvalue weighted by atomic mass is 9.87. The second kappa shape index (κ2) is 18.8. The van der Waals surface area contributed by atoms with Crippen LogP contribution in [0.5, 0.6) is 0 Å². The summed E-state index contributed by atoms with van der Waals surface area (Å²) >= 11 is 0. The predicted octanol–water partition coefficient (Wildman–Crippen LogP) is 8.24. The second-order valence-electron chi connectivity index (χ2n) is 10.1. The highest BCUT2D eigenvalue weighted by atomic mass is 32.2. The average molecular weight is 510 g/mol. The minimum atomic E-state index is -3.91. The Balaban J connectivity index is 2.67. The summed E-state index contributed by atoms with van der Waals surface area (Å²) in [7, 11) is -3.91. The summed E-state index contributed by atoms with van der Waals surface area (Å²) in [6.07, 6.45) is 19.8. The molecule has 0 aliphatic rings. The van der Waals surface area contributed by atoms with Crippen LogP contribution in [0.1, 0.15) is 136 Å². The van der Waals surface area contributed by atoms with Crippen molar-refractivity contribution in [2.24, 2.45) is 0 Å². The molecule has 0 spiro atoms. The number of carbonyl (C=O) groups is 1. The third-order valence-electron chi connectivity index (χ3n) is 6.96. The molecule has 35 heavy (non-hydrogen) atoms. The van der Waals surface area contributed by atoms with E-state index in [0.29, 0.717) is 19.3 Å². The van der Waals surface area contributed by atoms with Crippen LogP contribution in [0.2, 0.25) is 0 Å². The lowest BCUT2D eigenvalue weighted by Crippen LogP contribution is -2.54. The van der Waals surface area contributed by atoms with Gasteiger partial charge in [0.2, 0.25) is 10.0 Å². The zero-order valence-corrected chi connectivity index (χ0v) is 23.2. The van der Waals surface area contributed by atoms with Gasteiger partial charge in [0.1, 0.15) is 5.54 Å². The summed E-state index contributed by atoms with van der Waals surface area (Å²) < 4.78 is 28.8. The van der Waals surface area contributed by atoms with E-state index in [1.165, 1.54) is 76.3 Å². The van der Waals surface area contributed by atoms with E-state index in [1.807, 2.05) is 0 Å². The van der Waals surface area contributed by atoms with E-state index >= 15 is 0 Å². The van der Waals surface area contributed by atoms with Crippen LogP contribution in [-0.2, 0) is 14.8 Å². The van der Waals surface area contributed by atoms with Gasteiger partial charge in [0.25, 0.3) is 0 Å². The van der Waals surface area contributed by atoms with E-state index in [0.717, 1.165) is 38.5 Å². The number of rotatable bonds is 23. The Hall–Kier alpha value is -1.40. The van der Waals surface area contributed by atoms with Gasteiger partial charge in [-0.15, -0.1) is 0 Å². The SMILES string of the molecule is CCCCCCCCCCCCC(CCCCCCCCC)(NS(=O)(=O)c1ccccc1)C(=O)O. The van der Waals surface area contributed by atoms with Crippen LogP contribution in [0, 0.1) is 0 Å². The standard InChI is InChI=1S/C29H51NO4S/c1-3-5-7-9-11-12-13-15-17-22-26-29(28(31)32,25-21-16-14-10-8-6-4-2)30-35(33,34)27-23-19-18-20-24-27/h18-20,23-24,30H,3-17,21-22,25-26H2,1-2H3,(H,31,32). The number of hydrogen-bond donors (Lipinski definition) is 2. The van der Waals surface area contributed by atoms with Crippen molar-refractivity contribution >= 4 is 16.0 Å². The topological polar surface area (TPSA) is 83.5 Å². The van der Waals surface area contributed by atoms with Crippen molar-refractivity contribution in [3.05, 3.63) is 30.3 Å². The molecule has 0 bridgehead atoms. The Morgan fingerprint density at radius 2 is 1.06 bits per heavy atom. The third kappa shape index (κ3) is 13.5. The Kier molecular flexibility index (Phi) is 17.0. The molecule has 5 nitrogen and oxygen atoms in total. The van der Waals surface area contributed by atoms with Crippen molar-refractivity contribution in [1.82, 2.24) is 4.72 Å². The van der Waals surface area contributed by atoms with Gasteiger partial charge in [-0.3, -0.25) is 4.79 Å². The summed E-state index contributed by atoms with van der Waals surface area (Å²) in [5.74, 6) is -1.06. The highest BCUT2D eigenvalue weighted by molar-refractivity contribution is 7.89. The Morgan fingerprint density at radius 1 is 0.686 bits per heavy atom. The van der Waals surface area contributed by atoms with Crippen molar-refractivity contribution in [3.8, 4) is 0 Å². The Morgan fingerprint density at radius 3 is 1.43 bits per heavy atom. The minimum Gasteiger partial charge on any atom is -0.480 e. The molecule has 0 aliphatic carbocycles. The van der Waals surface area contributed by atoms with Gasteiger partial charge in [-0.05, 0) is 25.0 Å². The maximum absolute atomic E-state index is 13.1. The van der Waals surface area contributed by atoms with E-state index in [-0.39, 0.29) is 4.90 Å². The zero-order valence-electron chi connectivity index (χ0n) is 22.4. The molecule has 6 heteroatoms. The minimum absolute atomic E-state index is 0.119. The predicted molar refractivity (Wildman–Crippen MR) is 146 cm³/mol. The molecule has 2 N–H and O–H groups in total. The van der Waals surface area contributed by atoms with E-state index in [4.69, 9.17) is 0 Å². The molecule has 0 fully saturated rings. The summed E-state index contributed by atoms with van der Waals surface area (Å²) in [6.45, 7) is 4.42. The van der Waals surface area contributed by atoms with Crippen molar-refractivity contribution in [2.45, 2.75) is 146 Å². The largest absolute Gasteiger partial charge is 0.480 e. The molecule has 202 valence electrons. The molecule has 1 aromatic carbocycles. The van der Waals surface area contributed by atoms with Gasteiger partial charge in [0.05, 0.1) is 4.90 Å². The van der Waals surface area contributed by atoms with E-state index < -0.39 is 21.5 Å². The Labute approximate surface area is 215 Å². The summed E-state index contributed by atoms with van der Waals surface area (Å²) in [5, 5.41) is 10.2. The van der Waals surface area contributed by atoms with Gasteiger partial charge in [0.15, 0.2) is 0 Å². The smallest absolute Gasteiger partial charge is 0.324 e. The fourth-order valence-electron chi connectivity index (χ4n) is 4.70. The van der Waals surface area contributed by atoms with Crippen LogP contribution in [0.3, 0.4) is 0 Å². The number of carboxylic acids is 1. The first kappa shape index (κ1) is 31.6.